The van der Waals surface area contributed by atoms with Crippen LogP contribution in [0.1, 0.15) is 44.4 Å². The summed E-state index contributed by atoms with van der Waals surface area (Å²) in [5.41, 5.74) is 0.962. The first-order chi connectivity index (χ1) is 11.1. The van der Waals surface area contributed by atoms with E-state index in [4.69, 9.17) is 4.74 Å². The molecule has 0 spiro atoms. The number of hydrogen-bond acceptors (Lipinski definition) is 4. The van der Waals surface area contributed by atoms with Crippen molar-refractivity contribution in [3.8, 4) is 0 Å². The van der Waals surface area contributed by atoms with Crippen LogP contribution in [0.5, 0.6) is 0 Å². The fourth-order valence-corrected chi connectivity index (χ4v) is 2.95. The van der Waals surface area contributed by atoms with Crippen molar-refractivity contribution < 1.29 is 19.0 Å². The molecule has 2 atom stereocenters. The Morgan fingerprint density at radius 1 is 1.50 bits per heavy atom. The number of aliphatic hydroxyl groups is 1. The highest BCUT2D eigenvalue weighted by Crippen LogP contribution is 2.21. The van der Waals surface area contributed by atoms with E-state index in [1.54, 1.807) is 13.0 Å². The second kappa shape index (κ2) is 7.49. The third-order valence-corrected chi connectivity index (χ3v) is 4.02. The van der Waals surface area contributed by atoms with Crippen molar-refractivity contribution in [2.24, 2.45) is 0 Å². The molecule has 0 aromatic heterocycles. The van der Waals surface area contributed by atoms with Crippen molar-refractivity contribution in [3.05, 3.63) is 35.1 Å². The predicted molar refractivity (Wildman–Crippen MR) is 90.3 cm³/mol. The molecule has 6 heteroatoms. The molecule has 24 heavy (non-hydrogen) atoms. The Hall–Kier alpha value is -1.66. The summed E-state index contributed by atoms with van der Waals surface area (Å²) in [6.45, 7) is 9.19. The van der Waals surface area contributed by atoms with Crippen LogP contribution < -0.4 is 5.32 Å². The number of nitrogens with zero attached hydrogens (tertiary/aromatic N) is 1. The SMILES string of the molecule is Cc1cc(F)ccc1C(O)CN1CCC(NC(=O)OC(C)(C)C)C1. The minimum Gasteiger partial charge on any atom is -0.444 e. The molecule has 0 aliphatic carbocycles. The van der Waals surface area contributed by atoms with Crippen LogP contribution in [0.25, 0.3) is 0 Å². The highest BCUT2D eigenvalue weighted by atomic mass is 19.1. The fraction of sp³-hybridized carbons (Fsp3) is 0.611. The van der Waals surface area contributed by atoms with Crippen LogP contribution in [0.4, 0.5) is 9.18 Å². The van der Waals surface area contributed by atoms with Crippen LogP contribution in [0, 0.1) is 12.7 Å². The number of likely N-dealkylation sites (tertiary alicyclic amines) is 1. The maximum absolute atomic E-state index is 13.2. The zero-order valence-corrected chi connectivity index (χ0v) is 14.8. The molecule has 1 aromatic rings. The third-order valence-electron chi connectivity index (χ3n) is 4.02. The van der Waals surface area contributed by atoms with Crippen LogP contribution in [-0.4, -0.2) is 47.4 Å². The minimum atomic E-state index is -0.675. The molecule has 0 radical (unpaired) electrons. The van der Waals surface area contributed by atoms with E-state index in [1.807, 2.05) is 20.8 Å². The molecule has 5 nitrogen and oxygen atoms in total. The molecule has 2 rings (SSSR count). The number of ether oxygens (including phenoxy) is 1. The predicted octanol–water partition coefficient (Wildman–Crippen LogP) is 2.77. The Morgan fingerprint density at radius 2 is 2.21 bits per heavy atom. The largest absolute Gasteiger partial charge is 0.444 e. The summed E-state index contributed by atoms with van der Waals surface area (Å²) in [5, 5.41) is 13.3. The molecule has 2 N–H and O–H groups in total. The number of carbonyl (C=O) groups is 1. The monoisotopic (exact) mass is 338 g/mol. The fourth-order valence-electron chi connectivity index (χ4n) is 2.95. The Morgan fingerprint density at radius 3 is 2.83 bits per heavy atom. The Bertz CT molecular complexity index is 586. The van der Waals surface area contributed by atoms with E-state index in [-0.39, 0.29) is 11.9 Å². The summed E-state index contributed by atoms with van der Waals surface area (Å²) in [4.78, 5) is 13.9. The van der Waals surface area contributed by atoms with Crippen LogP contribution >= 0.6 is 0 Å². The van der Waals surface area contributed by atoms with E-state index >= 15 is 0 Å². The van der Waals surface area contributed by atoms with Gasteiger partial charge in [0.05, 0.1) is 6.10 Å². The number of carbonyl (C=O) groups excluding carboxylic acids is 1. The summed E-state index contributed by atoms with van der Waals surface area (Å²) >= 11 is 0. The summed E-state index contributed by atoms with van der Waals surface area (Å²) in [7, 11) is 0. The van der Waals surface area contributed by atoms with E-state index in [1.165, 1.54) is 12.1 Å². The quantitative estimate of drug-likeness (QED) is 0.886. The van der Waals surface area contributed by atoms with Gasteiger partial charge in [-0.15, -0.1) is 0 Å². The Balaban J connectivity index is 1.84. The number of rotatable bonds is 4. The van der Waals surface area contributed by atoms with Crippen LogP contribution in [-0.2, 0) is 4.74 Å². The zero-order valence-electron chi connectivity index (χ0n) is 14.8. The number of alkyl carbamates (subject to hydrolysis) is 1. The molecule has 1 fully saturated rings. The van der Waals surface area contributed by atoms with Crippen molar-refractivity contribution in [2.75, 3.05) is 19.6 Å². The third kappa shape index (κ3) is 5.46. The second-order valence-corrected chi connectivity index (χ2v) is 7.41. The van der Waals surface area contributed by atoms with Crippen molar-refractivity contribution in [2.45, 2.75) is 51.9 Å². The van der Waals surface area contributed by atoms with Crippen molar-refractivity contribution >= 4 is 6.09 Å². The van der Waals surface area contributed by atoms with E-state index in [0.717, 1.165) is 24.1 Å². The number of aryl methyl sites for hydroxylation is 1. The van der Waals surface area contributed by atoms with Gasteiger partial charge >= 0.3 is 6.09 Å². The van der Waals surface area contributed by atoms with E-state index in [9.17, 15) is 14.3 Å². The van der Waals surface area contributed by atoms with Gasteiger partial charge in [0.1, 0.15) is 11.4 Å². The van der Waals surface area contributed by atoms with Crippen molar-refractivity contribution in [1.29, 1.82) is 0 Å². The first-order valence-electron chi connectivity index (χ1n) is 8.30. The first kappa shape index (κ1) is 18.7. The summed E-state index contributed by atoms with van der Waals surface area (Å²) in [6.07, 6.45) is -0.274. The normalized spacial score (nSPS) is 20.0. The number of benzene rings is 1. The van der Waals surface area contributed by atoms with Gasteiger partial charge in [0, 0.05) is 25.7 Å². The Labute approximate surface area is 142 Å². The van der Waals surface area contributed by atoms with Gasteiger partial charge in [-0.05, 0) is 57.4 Å². The molecule has 0 saturated carbocycles. The summed E-state index contributed by atoms with van der Waals surface area (Å²) in [5.74, 6) is -0.300. The molecule has 2 unspecified atom stereocenters. The Kier molecular flexibility index (Phi) is 5.83. The molecule has 1 saturated heterocycles. The van der Waals surface area contributed by atoms with Crippen LogP contribution in [0.3, 0.4) is 0 Å². The lowest BCUT2D eigenvalue weighted by Gasteiger charge is -2.23. The highest BCUT2D eigenvalue weighted by Gasteiger charge is 2.27. The second-order valence-electron chi connectivity index (χ2n) is 7.41. The van der Waals surface area contributed by atoms with Gasteiger partial charge in [0.15, 0.2) is 0 Å². The molecule has 0 bridgehead atoms. The lowest BCUT2D eigenvalue weighted by Crippen LogP contribution is -2.40. The molecule has 1 aromatic carbocycles. The topological polar surface area (TPSA) is 61.8 Å². The van der Waals surface area contributed by atoms with Gasteiger partial charge in [0.2, 0.25) is 0 Å². The van der Waals surface area contributed by atoms with E-state index in [0.29, 0.717) is 13.1 Å². The molecule has 1 heterocycles. The molecule has 134 valence electrons. The minimum absolute atomic E-state index is 0.0152. The highest BCUT2D eigenvalue weighted by molar-refractivity contribution is 5.68. The molecule has 1 aliphatic rings. The lowest BCUT2D eigenvalue weighted by molar-refractivity contribution is 0.0504. The van der Waals surface area contributed by atoms with Crippen LogP contribution in [0.2, 0.25) is 0 Å². The maximum Gasteiger partial charge on any atom is 0.407 e. The van der Waals surface area contributed by atoms with Crippen molar-refractivity contribution in [1.82, 2.24) is 10.2 Å². The number of aliphatic hydroxyl groups excluding tert-OH is 1. The number of amides is 1. The number of nitrogens with one attached hydrogen (secondary N) is 1. The number of β-amino-alcohol motifs (C(OH)–C–C–N with tert-alkyl or cyclic N) is 1. The molecule has 1 amide bonds. The van der Waals surface area contributed by atoms with Gasteiger partial charge in [0.25, 0.3) is 0 Å². The smallest absolute Gasteiger partial charge is 0.407 e. The molecular formula is C18H27FN2O3. The van der Waals surface area contributed by atoms with Gasteiger partial charge in [-0.25, -0.2) is 9.18 Å². The van der Waals surface area contributed by atoms with E-state index in [2.05, 4.69) is 10.2 Å². The van der Waals surface area contributed by atoms with Crippen LogP contribution in [0.15, 0.2) is 18.2 Å². The standard InChI is InChI=1S/C18H27FN2O3/c1-12-9-13(19)5-6-15(12)16(22)11-21-8-7-14(10-21)20-17(23)24-18(2,3)4/h5-6,9,14,16,22H,7-8,10-11H2,1-4H3,(H,20,23). The number of hydrogen-bond donors (Lipinski definition) is 2. The average molecular weight is 338 g/mol. The number of halogens is 1. The average Bonchev–Trinajstić information content (AvgIpc) is 2.83. The lowest BCUT2D eigenvalue weighted by atomic mass is 10.0. The summed E-state index contributed by atoms with van der Waals surface area (Å²) in [6, 6.07) is 4.43. The van der Waals surface area contributed by atoms with Gasteiger partial charge in [-0.1, -0.05) is 6.07 Å². The summed E-state index contributed by atoms with van der Waals surface area (Å²) < 4.78 is 18.4. The first-order valence-corrected chi connectivity index (χ1v) is 8.30. The maximum atomic E-state index is 13.2. The van der Waals surface area contributed by atoms with E-state index < -0.39 is 17.8 Å². The van der Waals surface area contributed by atoms with Gasteiger partial charge < -0.3 is 15.2 Å². The zero-order chi connectivity index (χ0) is 17.9. The van der Waals surface area contributed by atoms with Gasteiger partial charge in [-0.2, -0.15) is 0 Å². The van der Waals surface area contributed by atoms with Gasteiger partial charge in [-0.3, -0.25) is 4.90 Å². The van der Waals surface area contributed by atoms with Crippen molar-refractivity contribution in [3.63, 3.8) is 0 Å². The molecular weight excluding hydrogens is 311 g/mol. The molecule has 1 aliphatic heterocycles.